The van der Waals surface area contributed by atoms with E-state index in [4.69, 9.17) is 4.52 Å². The van der Waals surface area contributed by atoms with Crippen LogP contribution < -0.4 is 5.32 Å². The Morgan fingerprint density at radius 1 is 1.38 bits per heavy atom. The molecule has 1 aliphatic rings. The molecule has 1 N–H and O–H groups in total. The molecular weight excluding hydrogens is 286 g/mol. The number of aromatic nitrogens is 2. The first-order chi connectivity index (χ1) is 10.2. The molecule has 104 valence electrons. The number of benzene rings is 1. The summed E-state index contributed by atoms with van der Waals surface area (Å²) in [5.41, 5.74) is 4.09. The van der Waals surface area contributed by atoms with Gasteiger partial charge in [-0.2, -0.15) is 0 Å². The highest BCUT2D eigenvalue weighted by atomic mass is 32.1. The quantitative estimate of drug-likeness (QED) is 0.616. The normalized spacial score (nSPS) is 12.0. The van der Waals surface area contributed by atoms with Gasteiger partial charge in [0, 0.05) is 22.9 Å². The van der Waals surface area contributed by atoms with Gasteiger partial charge >= 0.3 is 0 Å². The van der Waals surface area contributed by atoms with Gasteiger partial charge in [-0.05, 0) is 12.5 Å². The maximum atomic E-state index is 12.0. The Bertz CT molecular complexity index is 850. The van der Waals surface area contributed by atoms with Crippen LogP contribution in [0.25, 0.3) is 11.3 Å². The predicted octanol–water partition coefficient (Wildman–Crippen LogP) is 3.26. The highest BCUT2D eigenvalue weighted by molar-refractivity contribution is 7.16. The molecule has 0 radical (unpaired) electrons. The lowest BCUT2D eigenvalue weighted by molar-refractivity contribution is 0.0988. The van der Waals surface area contributed by atoms with Crippen LogP contribution in [0.5, 0.6) is 0 Å². The van der Waals surface area contributed by atoms with Crippen LogP contribution >= 0.6 is 11.3 Å². The monoisotopic (exact) mass is 297 g/mol. The first-order valence-electron chi connectivity index (χ1n) is 6.53. The molecule has 2 aromatic heterocycles. The molecule has 5 nitrogen and oxygen atoms in total. The minimum atomic E-state index is -0.323. The number of anilines is 1. The van der Waals surface area contributed by atoms with Crippen LogP contribution in [0, 0.1) is 6.92 Å². The standard InChI is InChI=1S/C15H11N3O2S/c1-8-6-11(20-18-8)14(19)17-15-16-13-10-5-3-2-4-9(10)7-12(13)21-15/h2-6H,7H2,1H3,(H,16,17,19). The summed E-state index contributed by atoms with van der Waals surface area (Å²) in [4.78, 5) is 17.7. The fourth-order valence-electron chi connectivity index (χ4n) is 2.44. The molecule has 2 heterocycles. The van der Waals surface area contributed by atoms with Crippen molar-refractivity contribution in [3.05, 3.63) is 52.2 Å². The highest BCUT2D eigenvalue weighted by Crippen LogP contribution is 2.40. The summed E-state index contributed by atoms with van der Waals surface area (Å²) < 4.78 is 4.95. The zero-order valence-corrected chi connectivity index (χ0v) is 12.0. The molecule has 0 saturated carbocycles. The Hall–Kier alpha value is -2.47. The molecule has 1 aliphatic carbocycles. The topological polar surface area (TPSA) is 68.0 Å². The van der Waals surface area contributed by atoms with E-state index in [2.05, 4.69) is 27.6 Å². The first-order valence-corrected chi connectivity index (χ1v) is 7.35. The fourth-order valence-corrected chi connectivity index (χ4v) is 3.44. The SMILES string of the molecule is Cc1cc(C(=O)Nc2nc3c(s2)Cc2ccccc2-3)on1. The van der Waals surface area contributed by atoms with Crippen LogP contribution in [0.2, 0.25) is 0 Å². The zero-order chi connectivity index (χ0) is 14.4. The van der Waals surface area contributed by atoms with Crippen LogP contribution in [-0.4, -0.2) is 16.0 Å². The molecule has 0 saturated heterocycles. The highest BCUT2D eigenvalue weighted by Gasteiger charge is 2.24. The lowest BCUT2D eigenvalue weighted by Crippen LogP contribution is -2.10. The van der Waals surface area contributed by atoms with Crippen LogP contribution in [0.3, 0.4) is 0 Å². The van der Waals surface area contributed by atoms with E-state index >= 15 is 0 Å². The van der Waals surface area contributed by atoms with E-state index in [0.29, 0.717) is 10.8 Å². The molecule has 0 atom stereocenters. The minimum absolute atomic E-state index is 0.197. The van der Waals surface area contributed by atoms with Crippen molar-refractivity contribution in [2.75, 3.05) is 5.32 Å². The van der Waals surface area contributed by atoms with Crippen molar-refractivity contribution in [2.45, 2.75) is 13.3 Å². The number of hydrogen-bond acceptors (Lipinski definition) is 5. The van der Waals surface area contributed by atoms with Gasteiger partial charge in [-0.3, -0.25) is 10.1 Å². The Kier molecular flexibility index (Phi) is 2.65. The van der Waals surface area contributed by atoms with Gasteiger partial charge in [0.25, 0.3) is 5.91 Å². The van der Waals surface area contributed by atoms with Crippen molar-refractivity contribution < 1.29 is 9.32 Å². The predicted molar refractivity (Wildman–Crippen MR) is 79.5 cm³/mol. The van der Waals surface area contributed by atoms with Gasteiger partial charge < -0.3 is 4.52 Å². The number of fused-ring (bicyclic) bond motifs is 3. The Morgan fingerprint density at radius 3 is 3.05 bits per heavy atom. The molecular formula is C15H11N3O2S. The van der Waals surface area contributed by atoms with Crippen LogP contribution in [0.15, 0.2) is 34.9 Å². The molecule has 1 aromatic carbocycles. The van der Waals surface area contributed by atoms with Crippen LogP contribution in [-0.2, 0) is 6.42 Å². The second kappa shape index (κ2) is 4.53. The summed E-state index contributed by atoms with van der Waals surface area (Å²) in [5, 5.41) is 7.06. The average molecular weight is 297 g/mol. The van der Waals surface area contributed by atoms with E-state index in [0.717, 1.165) is 17.7 Å². The third-order valence-electron chi connectivity index (χ3n) is 3.39. The van der Waals surface area contributed by atoms with Crippen LogP contribution in [0.1, 0.15) is 26.7 Å². The Labute approximate surface area is 124 Å². The minimum Gasteiger partial charge on any atom is -0.351 e. The van der Waals surface area contributed by atoms with Gasteiger partial charge in [-0.25, -0.2) is 4.98 Å². The number of aryl methyl sites for hydroxylation is 1. The molecule has 0 unspecified atom stereocenters. The Balaban J connectivity index is 1.61. The summed E-state index contributed by atoms with van der Waals surface area (Å²) in [6, 6.07) is 9.81. The van der Waals surface area contributed by atoms with E-state index in [9.17, 15) is 4.79 Å². The van der Waals surface area contributed by atoms with E-state index < -0.39 is 0 Å². The van der Waals surface area contributed by atoms with Crippen molar-refractivity contribution in [1.29, 1.82) is 0 Å². The van der Waals surface area contributed by atoms with Gasteiger partial charge in [0.2, 0.25) is 5.76 Å². The summed E-state index contributed by atoms with van der Waals surface area (Å²) in [6.07, 6.45) is 0.875. The number of carbonyl (C=O) groups excluding carboxylic acids is 1. The van der Waals surface area contributed by atoms with Crippen molar-refractivity contribution >= 4 is 22.4 Å². The van der Waals surface area contributed by atoms with Crippen molar-refractivity contribution in [3.63, 3.8) is 0 Å². The van der Waals surface area contributed by atoms with Gasteiger partial charge in [-0.1, -0.05) is 29.4 Å². The van der Waals surface area contributed by atoms with Crippen molar-refractivity contribution in [3.8, 4) is 11.3 Å². The summed E-state index contributed by atoms with van der Waals surface area (Å²) in [5.74, 6) is -0.125. The number of nitrogens with zero attached hydrogens (tertiary/aromatic N) is 2. The molecule has 21 heavy (non-hydrogen) atoms. The lowest BCUT2D eigenvalue weighted by Gasteiger charge is -1.99. The average Bonchev–Trinajstić information content (AvgIpc) is 3.12. The number of rotatable bonds is 2. The number of thiazole rings is 1. The summed E-state index contributed by atoms with van der Waals surface area (Å²) in [7, 11) is 0. The number of nitrogens with one attached hydrogen (secondary N) is 1. The maximum absolute atomic E-state index is 12.0. The summed E-state index contributed by atoms with van der Waals surface area (Å²) in [6.45, 7) is 1.77. The fraction of sp³-hybridized carbons (Fsp3) is 0.133. The van der Waals surface area contributed by atoms with Crippen LogP contribution in [0.4, 0.5) is 5.13 Å². The van der Waals surface area contributed by atoms with E-state index in [1.165, 1.54) is 21.8 Å². The maximum Gasteiger partial charge on any atom is 0.296 e. The van der Waals surface area contributed by atoms with Gasteiger partial charge in [0.05, 0.1) is 11.4 Å². The molecule has 0 aliphatic heterocycles. The molecule has 4 rings (SSSR count). The van der Waals surface area contributed by atoms with E-state index in [1.54, 1.807) is 13.0 Å². The third kappa shape index (κ3) is 2.04. The van der Waals surface area contributed by atoms with Gasteiger partial charge in [0.15, 0.2) is 5.13 Å². The van der Waals surface area contributed by atoms with E-state index in [-0.39, 0.29) is 11.7 Å². The number of hydrogen-bond donors (Lipinski definition) is 1. The first kappa shape index (κ1) is 12.3. The second-order valence-corrected chi connectivity index (χ2v) is 6.00. The zero-order valence-electron chi connectivity index (χ0n) is 11.2. The number of carbonyl (C=O) groups is 1. The van der Waals surface area contributed by atoms with Gasteiger partial charge in [0.1, 0.15) is 0 Å². The molecule has 1 amide bonds. The number of amides is 1. The third-order valence-corrected chi connectivity index (χ3v) is 4.36. The molecule has 0 spiro atoms. The largest absolute Gasteiger partial charge is 0.351 e. The lowest BCUT2D eigenvalue weighted by atomic mass is 10.1. The molecule has 6 heteroatoms. The molecule has 0 fully saturated rings. The smallest absolute Gasteiger partial charge is 0.296 e. The van der Waals surface area contributed by atoms with Gasteiger partial charge in [-0.15, -0.1) is 11.3 Å². The Morgan fingerprint density at radius 2 is 2.24 bits per heavy atom. The van der Waals surface area contributed by atoms with E-state index in [1.807, 2.05) is 12.1 Å². The van der Waals surface area contributed by atoms with Crippen molar-refractivity contribution in [1.82, 2.24) is 10.1 Å². The second-order valence-electron chi connectivity index (χ2n) is 4.91. The summed E-state index contributed by atoms with van der Waals surface area (Å²) >= 11 is 1.50. The molecule has 3 aromatic rings. The van der Waals surface area contributed by atoms with Crippen molar-refractivity contribution in [2.24, 2.45) is 0 Å². The molecule has 0 bridgehead atoms.